The molecule has 0 atom stereocenters. The van der Waals surface area contributed by atoms with Crippen LogP contribution in [-0.2, 0) is 0 Å². The molecule has 0 aliphatic carbocycles. The minimum Gasteiger partial charge on any atom is -0.268 e. The maximum Gasteiger partial charge on any atom is 0.266 e. The molecule has 29 heavy (non-hydrogen) atoms. The van der Waals surface area contributed by atoms with Gasteiger partial charge in [0.1, 0.15) is 17.7 Å². The fraction of sp³-hybridized carbons (Fsp3) is 0. The van der Waals surface area contributed by atoms with Crippen LogP contribution in [0, 0.1) is 17.1 Å². The SMILES string of the molecule is N#Cc1cccnc1/C=C/c1nc2ccc(F)cc2c(=O)n1-c1ccccc1Cl. The van der Waals surface area contributed by atoms with E-state index in [1.165, 1.54) is 16.7 Å². The van der Waals surface area contributed by atoms with Crippen molar-refractivity contribution in [2.75, 3.05) is 0 Å². The van der Waals surface area contributed by atoms with Gasteiger partial charge in [-0.05, 0) is 54.6 Å². The van der Waals surface area contributed by atoms with Gasteiger partial charge in [-0.25, -0.2) is 9.37 Å². The highest BCUT2D eigenvalue weighted by Gasteiger charge is 2.14. The van der Waals surface area contributed by atoms with Crippen molar-refractivity contribution in [2.24, 2.45) is 0 Å². The summed E-state index contributed by atoms with van der Waals surface area (Å²) in [7, 11) is 0. The van der Waals surface area contributed by atoms with Crippen molar-refractivity contribution in [3.8, 4) is 11.8 Å². The summed E-state index contributed by atoms with van der Waals surface area (Å²) in [6.07, 6.45) is 4.75. The Bertz CT molecular complexity index is 1370. The second-order valence-corrected chi connectivity index (χ2v) is 6.51. The van der Waals surface area contributed by atoms with Crippen LogP contribution in [0.2, 0.25) is 5.02 Å². The Morgan fingerprint density at radius 3 is 2.72 bits per heavy atom. The first-order valence-corrected chi connectivity index (χ1v) is 8.96. The highest BCUT2D eigenvalue weighted by molar-refractivity contribution is 6.32. The number of nitriles is 1. The fourth-order valence-electron chi connectivity index (χ4n) is 2.95. The largest absolute Gasteiger partial charge is 0.268 e. The first-order valence-electron chi connectivity index (χ1n) is 8.59. The monoisotopic (exact) mass is 402 g/mol. The van der Waals surface area contributed by atoms with Crippen LogP contribution in [0.3, 0.4) is 0 Å². The van der Waals surface area contributed by atoms with E-state index >= 15 is 0 Å². The number of hydrogen-bond donors (Lipinski definition) is 0. The Hall–Kier alpha value is -3.82. The topological polar surface area (TPSA) is 71.6 Å². The van der Waals surface area contributed by atoms with Gasteiger partial charge in [0, 0.05) is 6.20 Å². The molecular formula is C22H12ClFN4O. The maximum absolute atomic E-state index is 13.7. The lowest BCUT2D eigenvalue weighted by Gasteiger charge is -2.13. The lowest BCUT2D eigenvalue weighted by atomic mass is 10.2. The van der Waals surface area contributed by atoms with E-state index in [1.54, 1.807) is 54.7 Å². The molecule has 2 aromatic carbocycles. The van der Waals surface area contributed by atoms with Crippen LogP contribution in [-0.4, -0.2) is 14.5 Å². The molecule has 0 amide bonds. The lowest BCUT2D eigenvalue weighted by molar-refractivity contribution is 0.629. The highest BCUT2D eigenvalue weighted by Crippen LogP contribution is 2.22. The fourth-order valence-corrected chi connectivity index (χ4v) is 3.17. The zero-order valence-corrected chi connectivity index (χ0v) is 15.6. The number of pyridine rings is 1. The molecule has 0 N–H and O–H groups in total. The second kappa shape index (κ2) is 7.66. The second-order valence-electron chi connectivity index (χ2n) is 6.10. The smallest absolute Gasteiger partial charge is 0.266 e. The Kier molecular flexibility index (Phi) is 4.90. The Labute approximate surface area is 170 Å². The van der Waals surface area contributed by atoms with Gasteiger partial charge in [0.25, 0.3) is 5.56 Å². The van der Waals surface area contributed by atoms with Gasteiger partial charge in [0.05, 0.1) is 32.9 Å². The summed E-state index contributed by atoms with van der Waals surface area (Å²) in [6.45, 7) is 0. The molecule has 0 spiro atoms. The van der Waals surface area contributed by atoms with Crippen LogP contribution in [0.5, 0.6) is 0 Å². The molecule has 4 aromatic rings. The van der Waals surface area contributed by atoms with Crippen molar-refractivity contribution in [2.45, 2.75) is 0 Å². The van der Waals surface area contributed by atoms with Gasteiger partial charge in [0.15, 0.2) is 0 Å². The zero-order chi connectivity index (χ0) is 20.4. The van der Waals surface area contributed by atoms with Crippen LogP contribution < -0.4 is 5.56 Å². The van der Waals surface area contributed by atoms with Crippen molar-refractivity contribution in [1.29, 1.82) is 5.26 Å². The number of benzene rings is 2. The van der Waals surface area contributed by atoms with Crippen molar-refractivity contribution >= 4 is 34.7 Å². The van der Waals surface area contributed by atoms with Gasteiger partial charge in [-0.15, -0.1) is 0 Å². The van der Waals surface area contributed by atoms with E-state index in [-0.39, 0.29) is 11.2 Å². The number of halogens is 2. The molecule has 4 rings (SSSR count). The van der Waals surface area contributed by atoms with Crippen LogP contribution in [0.25, 0.3) is 28.7 Å². The number of fused-ring (bicyclic) bond motifs is 1. The molecule has 0 saturated carbocycles. The van der Waals surface area contributed by atoms with Crippen molar-refractivity contribution < 1.29 is 4.39 Å². The zero-order valence-electron chi connectivity index (χ0n) is 14.9. The summed E-state index contributed by atoms with van der Waals surface area (Å²) >= 11 is 6.31. The van der Waals surface area contributed by atoms with Crippen molar-refractivity contribution in [1.82, 2.24) is 14.5 Å². The molecule has 0 unspecified atom stereocenters. The number of hydrogen-bond acceptors (Lipinski definition) is 4. The molecule has 2 heterocycles. The van der Waals surface area contributed by atoms with E-state index < -0.39 is 11.4 Å². The molecule has 0 fully saturated rings. The van der Waals surface area contributed by atoms with E-state index in [0.29, 0.717) is 27.5 Å². The highest BCUT2D eigenvalue weighted by atomic mass is 35.5. The molecule has 140 valence electrons. The van der Waals surface area contributed by atoms with Crippen molar-refractivity contribution in [3.63, 3.8) is 0 Å². The third-order valence-corrected chi connectivity index (χ3v) is 4.62. The summed E-state index contributed by atoms with van der Waals surface area (Å²) in [5, 5.41) is 9.73. The van der Waals surface area contributed by atoms with Gasteiger partial charge < -0.3 is 0 Å². The number of nitrogens with zero attached hydrogens (tertiary/aromatic N) is 4. The molecule has 0 radical (unpaired) electrons. The molecular weight excluding hydrogens is 391 g/mol. The van der Waals surface area contributed by atoms with E-state index in [0.717, 1.165) is 6.07 Å². The Balaban J connectivity index is 2.00. The average molecular weight is 403 g/mol. The molecule has 0 saturated heterocycles. The van der Waals surface area contributed by atoms with Gasteiger partial charge in [-0.3, -0.25) is 14.3 Å². The van der Waals surface area contributed by atoms with Gasteiger partial charge in [0.2, 0.25) is 0 Å². The Morgan fingerprint density at radius 1 is 1.10 bits per heavy atom. The van der Waals surface area contributed by atoms with Crippen LogP contribution in [0.4, 0.5) is 4.39 Å². The predicted molar refractivity (Wildman–Crippen MR) is 110 cm³/mol. The normalized spacial score (nSPS) is 11.1. The first kappa shape index (κ1) is 18.5. The summed E-state index contributed by atoms with van der Waals surface area (Å²) in [5.74, 6) is -0.255. The summed E-state index contributed by atoms with van der Waals surface area (Å²) in [5.41, 5.74) is 1.14. The third-order valence-electron chi connectivity index (χ3n) is 4.30. The lowest BCUT2D eigenvalue weighted by Crippen LogP contribution is -2.22. The van der Waals surface area contributed by atoms with Gasteiger partial charge in [-0.2, -0.15) is 5.26 Å². The molecule has 0 aliphatic rings. The minimum atomic E-state index is -0.530. The van der Waals surface area contributed by atoms with Crippen LogP contribution >= 0.6 is 11.6 Å². The maximum atomic E-state index is 13.7. The molecule has 0 bridgehead atoms. The van der Waals surface area contributed by atoms with Gasteiger partial charge in [-0.1, -0.05) is 23.7 Å². The molecule has 5 nitrogen and oxygen atoms in total. The quantitative estimate of drug-likeness (QED) is 0.501. The number of aromatic nitrogens is 3. The van der Waals surface area contributed by atoms with Crippen molar-refractivity contribution in [3.05, 3.63) is 99.1 Å². The number of para-hydroxylation sites is 1. The Morgan fingerprint density at radius 2 is 1.93 bits per heavy atom. The van der Waals surface area contributed by atoms with E-state index in [2.05, 4.69) is 16.0 Å². The number of rotatable bonds is 3. The molecule has 2 aromatic heterocycles. The summed E-state index contributed by atoms with van der Waals surface area (Å²) in [6, 6.07) is 16.0. The van der Waals surface area contributed by atoms with Gasteiger partial charge >= 0.3 is 0 Å². The van der Waals surface area contributed by atoms with E-state index in [9.17, 15) is 14.4 Å². The van der Waals surface area contributed by atoms with E-state index in [4.69, 9.17) is 11.6 Å². The molecule has 0 aliphatic heterocycles. The van der Waals surface area contributed by atoms with Crippen LogP contribution in [0.1, 0.15) is 17.1 Å². The summed E-state index contributed by atoms with van der Waals surface area (Å²) < 4.78 is 15.0. The molecule has 7 heteroatoms. The minimum absolute atomic E-state index is 0.137. The predicted octanol–water partition coefficient (Wildman–Crippen LogP) is 4.62. The average Bonchev–Trinajstić information content (AvgIpc) is 2.74. The first-order chi connectivity index (χ1) is 14.1. The third kappa shape index (κ3) is 3.51. The summed E-state index contributed by atoms with van der Waals surface area (Å²) in [4.78, 5) is 21.9. The van der Waals surface area contributed by atoms with E-state index in [1.807, 2.05) is 0 Å². The standard InChI is InChI=1S/C22H12ClFN4O/c23-17-5-1-2-6-20(17)28-21(10-9-18-14(13-25)4-3-11-26-18)27-19-8-7-15(24)12-16(19)22(28)29/h1-12H/b10-9+. The van der Waals surface area contributed by atoms with Crippen LogP contribution in [0.15, 0.2) is 65.6 Å².